The van der Waals surface area contributed by atoms with Crippen LogP contribution in [0.4, 0.5) is 0 Å². The van der Waals surface area contributed by atoms with Gasteiger partial charge in [0.15, 0.2) is 0 Å². The summed E-state index contributed by atoms with van der Waals surface area (Å²) in [7, 11) is 0. The van der Waals surface area contributed by atoms with Crippen molar-refractivity contribution in [3.8, 4) is 0 Å². The third-order valence-electron chi connectivity index (χ3n) is 1.85. The Morgan fingerprint density at radius 1 is 1.40 bits per heavy atom. The lowest BCUT2D eigenvalue weighted by molar-refractivity contribution is 0.130. The van der Waals surface area contributed by atoms with E-state index in [1.165, 1.54) is 0 Å². The Morgan fingerprint density at radius 3 is 2.40 bits per heavy atom. The fourth-order valence-corrected chi connectivity index (χ4v) is 0.767. The van der Waals surface area contributed by atoms with Crippen molar-refractivity contribution in [1.29, 1.82) is 0 Å². The smallest absolute Gasteiger partial charge is 0.0537 e. The molecule has 2 atom stereocenters. The molecule has 0 spiro atoms. The first-order valence-electron chi connectivity index (χ1n) is 3.97. The van der Waals surface area contributed by atoms with E-state index in [2.05, 4.69) is 19.1 Å². The first-order valence-corrected chi connectivity index (χ1v) is 3.97. The zero-order chi connectivity index (χ0) is 7.98. The molecule has 0 aromatic rings. The molecule has 0 amide bonds. The van der Waals surface area contributed by atoms with Gasteiger partial charge in [-0.05, 0) is 32.6 Å². The number of aliphatic hydroxyl groups is 1. The van der Waals surface area contributed by atoms with Gasteiger partial charge < -0.3 is 5.11 Å². The van der Waals surface area contributed by atoms with Crippen LogP contribution in [-0.2, 0) is 0 Å². The third kappa shape index (κ3) is 4.57. The second-order valence-electron chi connectivity index (χ2n) is 2.86. The third-order valence-corrected chi connectivity index (χ3v) is 1.85. The van der Waals surface area contributed by atoms with Gasteiger partial charge in [0.05, 0.1) is 6.10 Å². The van der Waals surface area contributed by atoms with Crippen molar-refractivity contribution in [3.63, 3.8) is 0 Å². The number of hydrogen-bond acceptors (Lipinski definition) is 1. The number of hydrogen-bond donors (Lipinski definition) is 1. The van der Waals surface area contributed by atoms with Crippen LogP contribution in [0.1, 0.15) is 33.6 Å². The summed E-state index contributed by atoms with van der Waals surface area (Å²) in [6, 6.07) is 0. The number of aliphatic hydroxyl groups excluding tert-OH is 1. The Kier molecular flexibility index (Phi) is 5.32. The fraction of sp³-hybridized carbons (Fsp3) is 0.778. The van der Waals surface area contributed by atoms with Crippen LogP contribution in [0.5, 0.6) is 0 Å². The van der Waals surface area contributed by atoms with Crippen molar-refractivity contribution in [2.75, 3.05) is 0 Å². The van der Waals surface area contributed by atoms with Crippen molar-refractivity contribution in [2.24, 2.45) is 5.92 Å². The van der Waals surface area contributed by atoms with Crippen molar-refractivity contribution in [3.05, 3.63) is 12.2 Å². The quantitative estimate of drug-likeness (QED) is 0.597. The maximum Gasteiger partial charge on any atom is 0.0537 e. The molecule has 1 nitrogen and oxygen atoms in total. The summed E-state index contributed by atoms with van der Waals surface area (Å²) in [5.74, 6) is 0.427. The lowest BCUT2D eigenvalue weighted by Gasteiger charge is -2.12. The van der Waals surface area contributed by atoms with Crippen molar-refractivity contribution >= 4 is 0 Å². The highest BCUT2D eigenvalue weighted by atomic mass is 16.3. The summed E-state index contributed by atoms with van der Waals surface area (Å²) in [6.07, 6.45) is 6.20. The van der Waals surface area contributed by atoms with Crippen LogP contribution in [0.2, 0.25) is 0 Å². The largest absolute Gasteiger partial charge is 0.393 e. The second-order valence-corrected chi connectivity index (χ2v) is 2.86. The lowest BCUT2D eigenvalue weighted by atomic mass is 10.0. The summed E-state index contributed by atoms with van der Waals surface area (Å²) in [5.41, 5.74) is 0. The van der Waals surface area contributed by atoms with E-state index in [-0.39, 0.29) is 6.10 Å². The Hall–Kier alpha value is -0.300. The predicted molar refractivity (Wildman–Crippen MR) is 44.9 cm³/mol. The maximum atomic E-state index is 9.10. The van der Waals surface area contributed by atoms with Crippen LogP contribution in [0.25, 0.3) is 0 Å². The average Bonchev–Trinajstić information content (AvgIpc) is 1.88. The summed E-state index contributed by atoms with van der Waals surface area (Å²) >= 11 is 0. The van der Waals surface area contributed by atoms with Crippen LogP contribution in [0.3, 0.4) is 0 Å². The molecule has 0 fully saturated rings. The Morgan fingerprint density at radius 2 is 2.00 bits per heavy atom. The van der Waals surface area contributed by atoms with Crippen molar-refractivity contribution < 1.29 is 5.11 Å². The van der Waals surface area contributed by atoms with E-state index < -0.39 is 0 Å². The molecule has 0 saturated carbocycles. The average molecular weight is 142 g/mol. The van der Waals surface area contributed by atoms with Crippen LogP contribution in [0.15, 0.2) is 12.2 Å². The summed E-state index contributed by atoms with van der Waals surface area (Å²) in [4.78, 5) is 0. The van der Waals surface area contributed by atoms with Gasteiger partial charge in [-0.15, -0.1) is 0 Å². The monoisotopic (exact) mass is 142 g/mol. The maximum absolute atomic E-state index is 9.10. The minimum absolute atomic E-state index is 0.162. The SMILES string of the molecule is C/C=C/CC[C@@H](C)[C@H](C)O. The molecule has 1 heteroatoms. The van der Waals surface area contributed by atoms with Crippen LogP contribution >= 0.6 is 0 Å². The van der Waals surface area contributed by atoms with E-state index in [1.54, 1.807) is 0 Å². The first-order chi connectivity index (χ1) is 4.68. The van der Waals surface area contributed by atoms with Gasteiger partial charge in [-0.25, -0.2) is 0 Å². The minimum atomic E-state index is -0.162. The van der Waals surface area contributed by atoms with E-state index in [0.29, 0.717) is 5.92 Å². The molecule has 0 aromatic carbocycles. The topological polar surface area (TPSA) is 20.2 Å². The molecule has 0 saturated heterocycles. The molecule has 0 aliphatic heterocycles. The zero-order valence-electron chi connectivity index (χ0n) is 7.17. The van der Waals surface area contributed by atoms with E-state index in [0.717, 1.165) is 12.8 Å². The van der Waals surface area contributed by atoms with Gasteiger partial charge in [-0.1, -0.05) is 19.1 Å². The summed E-state index contributed by atoms with van der Waals surface area (Å²) in [6.45, 7) is 5.95. The molecule has 1 N–H and O–H groups in total. The zero-order valence-corrected chi connectivity index (χ0v) is 7.17. The van der Waals surface area contributed by atoms with Gasteiger partial charge >= 0.3 is 0 Å². The van der Waals surface area contributed by atoms with Gasteiger partial charge in [0, 0.05) is 0 Å². The Labute approximate surface area is 63.8 Å². The van der Waals surface area contributed by atoms with Gasteiger partial charge in [0.2, 0.25) is 0 Å². The summed E-state index contributed by atoms with van der Waals surface area (Å²) in [5, 5.41) is 9.10. The van der Waals surface area contributed by atoms with Crippen molar-refractivity contribution in [2.45, 2.75) is 39.7 Å². The number of rotatable bonds is 4. The van der Waals surface area contributed by atoms with Gasteiger partial charge in [-0.2, -0.15) is 0 Å². The molecular weight excluding hydrogens is 124 g/mol. The first kappa shape index (κ1) is 9.70. The molecule has 0 radical (unpaired) electrons. The minimum Gasteiger partial charge on any atom is -0.393 e. The molecule has 0 aromatic heterocycles. The molecule has 60 valence electrons. The highest BCUT2D eigenvalue weighted by Crippen LogP contribution is 2.10. The van der Waals surface area contributed by atoms with Gasteiger partial charge in [0.25, 0.3) is 0 Å². The van der Waals surface area contributed by atoms with Crippen LogP contribution in [-0.4, -0.2) is 11.2 Å². The van der Waals surface area contributed by atoms with E-state index in [1.807, 2.05) is 13.8 Å². The molecule has 0 aliphatic carbocycles. The van der Waals surface area contributed by atoms with Crippen molar-refractivity contribution in [1.82, 2.24) is 0 Å². The molecule has 0 bridgehead atoms. The van der Waals surface area contributed by atoms with Gasteiger partial charge in [0.1, 0.15) is 0 Å². The van der Waals surface area contributed by atoms with E-state index >= 15 is 0 Å². The molecule has 0 unspecified atom stereocenters. The van der Waals surface area contributed by atoms with E-state index in [9.17, 15) is 0 Å². The second kappa shape index (κ2) is 5.48. The van der Waals surface area contributed by atoms with Crippen LogP contribution in [0, 0.1) is 5.92 Å². The molecule has 10 heavy (non-hydrogen) atoms. The Bertz CT molecular complexity index is 94.9. The van der Waals surface area contributed by atoms with Gasteiger partial charge in [-0.3, -0.25) is 0 Å². The highest BCUT2D eigenvalue weighted by Gasteiger charge is 2.05. The fourth-order valence-electron chi connectivity index (χ4n) is 0.767. The van der Waals surface area contributed by atoms with E-state index in [4.69, 9.17) is 5.11 Å². The molecule has 0 aliphatic rings. The summed E-state index contributed by atoms with van der Waals surface area (Å²) < 4.78 is 0. The standard InChI is InChI=1S/C9H18O/c1-4-5-6-7-8(2)9(3)10/h4-5,8-10H,6-7H2,1-3H3/b5-4+/t8-,9+/m1/s1. The normalized spacial score (nSPS) is 17.6. The number of allylic oxidation sites excluding steroid dienone is 2. The lowest BCUT2D eigenvalue weighted by Crippen LogP contribution is -2.12. The molecule has 0 rings (SSSR count). The highest BCUT2D eigenvalue weighted by molar-refractivity contribution is 4.77. The van der Waals surface area contributed by atoms with Crippen LogP contribution < -0.4 is 0 Å². The molecule has 0 heterocycles. The molecular formula is C9H18O. The predicted octanol–water partition coefficient (Wildman–Crippen LogP) is 2.36. The Balaban J connectivity index is 3.30.